The first-order valence-corrected chi connectivity index (χ1v) is 12.0. The Morgan fingerprint density at radius 2 is 2.00 bits per heavy atom. The summed E-state index contributed by atoms with van der Waals surface area (Å²) in [5, 5.41) is 16.0. The molecule has 0 radical (unpaired) electrons. The molecular weight excluding hydrogens is 474 g/mol. The molecule has 0 saturated carbocycles. The Hall–Kier alpha value is -3.14. The van der Waals surface area contributed by atoms with E-state index in [0.717, 1.165) is 16.3 Å². The number of carbonyl (C=O) groups excluding carboxylic acids is 1. The molecule has 0 spiro atoms. The molecule has 10 heteroatoms. The van der Waals surface area contributed by atoms with Crippen molar-refractivity contribution in [2.45, 2.75) is 13.5 Å². The summed E-state index contributed by atoms with van der Waals surface area (Å²) in [7, 11) is 0. The van der Waals surface area contributed by atoms with Gasteiger partial charge in [-0.25, -0.2) is 0 Å². The van der Waals surface area contributed by atoms with Gasteiger partial charge in [-0.3, -0.25) is 10.2 Å². The summed E-state index contributed by atoms with van der Waals surface area (Å²) in [6.45, 7) is 5.12. The van der Waals surface area contributed by atoms with Crippen molar-refractivity contribution in [3.8, 4) is 5.75 Å². The molecule has 0 aromatic heterocycles. The number of carbonyl (C=O) groups is 1. The first-order valence-electron chi connectivity index (χ1n) is 10.8. The smallest absolute Gasteiger partial charge is 0.283 e. The molecule has 3 aliphatic heterocycles. The van der Waals surface area contributed by atoms with Gasteiger partial charge in [-0.2, -0.15) is 10.0 Å². The van der Waals surface area contributed by atoms with Crippen LogP contribution in [0.15, 0.2) is 58.1 Å². The second-order valence-corrected chi connectivity index (χ2v) is 9.25. The van der Waals surface area contributed by atoms with E-state index < -0.39 is 5.91 Å². The molecule has 2 aromatic rings. The van der Waals surface area contributed by atoms with Crippen LogP contribution in [0.2, 0.25) is 5.02 Å². The van der Waals surface area contributed by atoms with Gasteiger partial charge in [0.15, 0.2) is 11.0 Å². The summed E-state index contributed by atoms with van der Waals surface area (Å²) in [5.74, 6) is 0.0630. The van der Waals surface area contributed by atoms with Gasteiger partial charge in [0.05, 0.1) is 23.8 Å². The van der Waals surface area contributed by atoms with Crippen LogP contribution in [-0.4, -0.2) is 58.3 Å². The Labute approximate surface area is 206 Å². The molecule has 2 aromatic carbocycles. The van der Waals surface area contributed by atoms with Crippen molar-refractivity contribution >= 4 is 51.5 Å². The van der Waals surface area contributed by atoms with E-state index in [-0.39, 0.29) is 11.4 Å². The highest BCUT2D eigenvalue weighted by molar-refractivity contribution is 8.26. The average molecular weight is 496 g/mol. The number of nitrogens with zero attached hydrogens (tertiary/aromatic N) is 4. The lowest BCUT2D eigenvalue weighted by atomic mass is 10.1. The van der Waals surface area contributed by atoms with Crippen molar-refractivity contribution in [1.29, 1.82) is 5.41 Å². The number of rotatable bonds is 4. The van der Waals surface area contributed by atoms with Crippen molar-refractivity contribution in [3.05, 3.63) is 69.8 Å². The number of hydrogen-bond acceptors (Lipinski definition) is 7. The molecule has 1 fully saturated rings. The summed E-state index contributed by atoms with van der Waals surface area (Å²) in [6, 6.07) is 13.3. The van der Waals surface area contributed by atoms with Crippen molar-refractivity contribution in [2.24, 2.45) is 10.1 Å². The number of amides is 1. The molecule has 0 unspecified atom stereocenters. The number of amidine groups is 3. The van der Waals surface area contributed by atoms with Gasteiger partial charge in [0, 0.05) is 13.1 Å². The standard InChI is InChI=1S/C24H22ClN5O3S/c1-15-4-2-3-5-17(15)14-33-20-7-6-16(13-19(20)25)12-18-21(26)30-23(27-22(18)31)34-24(28-30)29-8-10-32-11-9-29/h2-7,12-13,26H,8-11,14H2,1H3/b18-12-,26-21?. The molecule has 5 rings (SSSR count). The highest BCUT2D eigenvalue weighted by Gasteiger charge is 2.37. The number of morpholine rings is 1. The van der Waals surface area contributed by atoms with Crippen LogP contribution < -0.4 is 4.74 Å². The van der Waals surface area contributed by atoms with Crippen molar-refractivity contribution < 1.29 is 14.3 Å². The second kappa shape index (κ2) is 9.61. The molecule has 1 saturated heterocycles. The fourth-order valence-electron chi connectivity index (χ4n) is 3.68. The topological polar surface area (TPSA) is 90.6 Å². The van der Waals surface area contributed by atoms with E-state index in [1.807, 2.05) is 31.2 Å². The SMILES string of the molecule is Cc1ccccc1COc1ccc(/C=C2/C(=N)N3N=C(N4CCOCC4)SC3=NC2=O)cc1Cl. The monoisotopic (exact) mass is 495 g/mol. The maximum absolute atomic E-state index is 12.7. The zero-order valence-electron chi connectivity index (χ0n) is 18.5. The van der Waals surface area contributed by atoms with Crippen LogP contribution in [-0.2, 0) is 16.1 Å². The van der Waals surface area contributed by atoms with Crippen LogP contribution >= 0.6 is 23.4 Å². The van der Waals surface area contributed by atoms with Gasteiger partial charge >= 0.3 is 0 Å². The van der Waals surface area contributed by atoms with E-state index in [9.17, 15) is 4.79 Å². The Kier molecular flexibility index (Phi) is 6.40. The number of thioether (sulfide) groups is 1. The number of hydrogen-bond donors (Lipinski definition) is 1. The average Bonchev–Trinajstić information content (AvgIpc) is 3.27. The number of halogens is 1. The minimum absolute atomic E-state index is 0.0123. The Morgan fingerprint density at radius 3 is 2.76 bits per heavy atom. The van der Waals surface area contributed by atoms with Crippen LogP contribution in [0.5, 0.6) is 5.75 Å². The molecule has 0 aliphatic carbocycles. The Balaban J connectivity index is 1.33. The molecule has 0 bridgehead atoms. The third kappa shape index (κ3) is 4.59. The summed E-state index contributed by atoms with van der Waals surface area (Å²) < 4.78 is 11.3. The summed E-state index contributed by atoms with van der Waals surface area (Å²) >= 11 is 7.74. The number of fused-ring (bicyclic) bond motifs is 1. The van der Waals surface area contributed by atoms with Gasteiger partial charge in [-0.1, -0.05) is 41.9 Å². The lowest BCUT2D eigenvalue weighted by Crippen LogP contribution is -2.39. The van der Waals surface area contributed by atoms with Gasteiger partial charge < -0.3 is 14.4 Å². The predicted molar refractivity (Wildman–Crippen MR) is 134 cm³/mol. The van der Waals surface area contributed by atoms with Crippen molar-refractivity contribution in [1.82, 2.24) is 9.91 Å². The number of ether oxygens (including phenoxy) is 2. The minimum atomic E-state index is -0.474. The fourth-order valence-corrected chi connectivity index (χ4v) is 4.87. The van der Waals surface area contributed by atoms with Crippen molar-refractivity contribution in [3.63, 3.8) is 0 Å². The van der Waals surface area contributed by atoms with Crippen LogP contribution in [0.25, 0.3) is 6.08 Å². The number of aryl methyl sites for hydroxylation is 1. The van der Waals surface area contributed by atoms with Gasteiger partial charge in [-0.15, -0.1) is 5.10 Å². The van der Waals surface area contributed by atoms with E-state index in [1.165, 1.54) is 16.8 Å². The minimum Gasteiger partial charge on any atom is -0.487 e. The van der Waals surface area contributed by atoms with Gasteiger partial charge in [0.1, 0.15) is 12.4 Å². The van der Waals surface area contributed by atoms with Crippen molar-refractivity contribution in [2.75, 3.05) is 26.3 Å². The quantitative estimate of drug-likeness (QED) is 0.641. The molecule has 3 aliphatic rings. The molecule has 34 heavy (non-hydrogen) atoms. The fraction of sp³-hybridized carbons (Fsp3) is 0.250. The zero-order chi connectivity index (χ0) is 23.7. The maximum atomic E-state index is 12.7. The highest BCUT2D eigenvalue weighted by atomic mass is 35.5. The van der Waals surface area contributed by atoms with E-state index in [2.05, 4.69) is 15.0 Å². The van der Waals surface area contributed by atoms with Crippen LogP contribution in [0, 0.1) is 12.3 Å². The third-order valence-corrected chi connectivity index (χ3v) is 6.90. The van der Waals surface area contributed by atoms with Crippen LogP contribution in [0.3, 0.4) is 0 Å². The van der Waals surface area contributed by atoms with E-state index >= 15 is 0 Å². The van der Waals surface area contributed by atoms with Gasteiger partial charge in [0.25, 0.3) is 5.91 Å². The van der Waals surface area contributed by atoms with E-state index in [1.54, 1.807) is 24.3 Å². The number of nitrogens with one attached hydrogen (secondary N) is 1. The molecule has 3 heterocycles. The molecule has 8 nitrogen and oxygen atoms in total. The predicted octanol–water partition coefficient (Wildman–Crippen LogP) is 4.14. The molecule has 0 atom stereocenters. The molecule has 1 N–H and O–H groups in total. The van der Waals surface area contributed by atoms with Gasteiger partial charge in [-0.05, 0) is 53.6 Å². The zero-order valence-corrected chi connectivity index (χ0v) is 20.0. The lowest BCUT2D eigenvalue weighted by molar-refractivity contribution is -0.114. The Bertz CT molecular complexity index is 1250. The molecular formula is C24H22ClN5O3S. The maximum Gasteiger partial charge on any atom is 0.283 e. The first kappa shape index (κ1) is 22.6. The summed E-state index contributed by atoms with van der Waals surface area (Å²) in [4.78, 5) is 18.9. The molecule has 174 valence electrons. The molecule has 1 amide bonds. The van der Waals surface area contributed by atoms with Gasteiger partial charge in [0.2, 0.25) is 5.17 Å². The number of aliphatic imine (C=N–C) groups is 1. The largest absolute Gasteiger partial charge is 0.487 e. The van der Waals surface area contributed by atoms with Crippen LogP contribution in [0.4, 0.5) is 0 Å². The summed E-state index contributed by atoms with van der Waals surface area (Å²) in [5.41, 5.74) is 3.05. The van der Waals surface area contributed by atoms with E-state index in [0.29, 0.717) is 54.4 Å². The third-order valence-electron chi connectivity index (χ3n) is 5.64. The second-order valence-electron chi connectivity index (χ2n) is 7.91. The Morgan fingerprint density at radius 1 is 1.21 bits per heavy atom. The van der Waals surface area contributed by atoms with Crippen LogP contribution in [0.1, 0.15) is 16.7 Å². The number of hydrazone groups is 1. The van der Waals surface area contributed by atoms with E-state index in [4.69, 9.17) is 26.5 Å². The normalized spacial score (nSPS) is 19.3. The number of benzene rings is 2. The highest BCUT2D eigenvalue weighted by Crippen LogP contribution is 2.31. The lowest BCUT2D eigenvalue weighted by Gasteiger charge is -2.26. The first-order chi connectivity index (χ1) is 16.5. The summed E-state index contributed by atoms with van der Waals surface area (Å²) in [6.07, 6.45) is 1.61.